The predicted octanol–water partition coefficient (Wildman–Crippen LogP) is 3.31. The highest BCUT2D eigenvalue weighted by Gasteiger charge is 2.16. The van der Waals surface area contributed by atoms with E-state index in [-0.39, 0.29) is 11.7 Å². The molecule has 0 aliphatic rings. The molecule has 0 saturated heterocycles. The normalized spacial score (nSPS) is 10.6. The Morgan fingerprint density at radius 2 is 2.08 bits per heavy atom. The van der Waals surface area contributed by atoms with Gasteiger partial charge < -0.3 is 5.32 Å². The van der Waals surface area contributed by atoms with Crippen molar-refractivity contribution in [3.8, 4) is 5.69 Å². The second kappa shape index (κ2) is 8.64. The fraction of sp³-hybridized carbons (Fsp3) is 0.167. The Morgan fingerprint density at radius 3 is 2.80 bits per heavy atom. The maximum atomic E-state index is 11.9. The minimum Gasteiger partial charge on any atom is -0.352 e. The summed E-state index contributed by atoms with van der Waals surface area (Å²) in [7, 11) is 0. The van der Waals surface area contributed by atoms with Gasteiger partial charge >= 0.3 is 0 Å². The first-order valence-corrected chi connectivity index (χ1v) is 9.67. The van der Waals surface area contributed by atoms with Crippen molar-refractivity contribution in [1.82, 2.24) is 20.1 Å². The van der Waals surface area contributed by atoms with Crippen molar-refractivity contribution in [2.45, 2.75) is 11.6 Å². The largest absolute Gasteiger partial charge is 0.352 e. The van der Waals surface area contributed by atoms with Crippen LogP contribution >= 0.6 is 23.1 Å². The van der Waals surface area contributed by atoms with Crippen molar-refractivity contribution in [3.63, 3.8) is 0 Å². The standard InChI is InChI=1S/C18H18N4OS2/c1-2-10-19-17(23)13-25-18-21-20-16(12-15-9-6-11-24-15)22(18)14-7-4-3-5-8-14/h2-9,11H,1,10,12-13H2,(H,19,23). The molecule has 3 aromatic rings. The van der Waals surface area contributed by atoms with Crippen molar-refractivity contribution in [2.75, 3.05) is 12.3 Å². The Hall–Kier alpha value is -2.38. The Morgan fingerprint density at radius 1 is 1.24 bits per heavy atom. The molecule has 2 aromatic heterocycles. The summed E-state index contributed by atoms with van der Waals surface area (Å²) >= 11 is 3.08. The summed E-state index contributed by atoms with van der Waals surface area (Å²) in [5.41, 5.74) is 0.994. The lowest BCUT2D eigenvalue weighted by Crippen LogP contribution is -2.25. The van der Waals surface area contributed by atoms with Crippen molar-refractivity contribution in [1.29, 1.82) is 0 Å². The van der Waals surface area contributed by atoms with E-state index < -0.39 is 0 Å². The molecule has 0 fully saturated rings. The second-order valence-electron chi connectivity index (χ2n) is 5.21. The van der Waals surface area contributed by atoms with Crippen LogP contribution in [0.3, 0.4) is 0 Å². The fourth-order valence-corrected chi connectivity index (χ4v) is 3.78. The number of para-hydroxylation sites is 1. The maximum absolute atomic E-state index is 11.9. The van der Waals surface area contributed by atoms with Crippen molar-refractivity contribution in [3.05, 3.63) is 71.2 Å². The third kappa shape index (κ3) is 4.58. The highest BCUT2D eigenvalue weighted by Crippen LogP contribution is 2.24. The monoisotopic (exact) mass is 370 g/mol. The lowest BCUT2D eigenvalue weighted by Gasteiger charge is -2.09. The Labute approximate surface area is 154 Å². The number of thioether (sulfide) groups is 1. The van der Waals surface area contributed by atoms with Gasteiger partial charge in [-0.15, -0.1) is 28.1 Å². The molecule has 1 N–H and O–H groups in total. The first-order valence-electron chi connectivity index (χ1n) is 7.80. The van der Waals surface area contributed by atoms with E-state index in [4.69, 9.17) is 0 Å². The summed E-state index contributed by atoms with van der Waals surface area (Å²) in [6, 6.07) is 14.1. The average Bonchev–Trinajstić information content (AvgIpc) is 3.29. The molecule has 128 valence electrons. The van der Waals surface area contributed by atoms with Crippen LogP contribution in [0.15, 0.2) is 65.7 Å². The SMILES string of the molecule is C=CCNC(=O)CSc1nnc(Cc2cccs2)n1-c1ccccc1. The Kier molecular flexibility index (Phi) is 6.03. The first-order chi connectivity index (χ1) is 12.3. The number of hydrogen-bond acceptors (Lipinski definition) is 5. The van der Waals surface area contributed by atoms with Gasteiger partial charge in [-0.25, -0.2) is 0 Å². The quantitative estimate of drug-likeness (QED) is 0.488. The van der Waals surface area contributed by atoms with Crippen molar-refractivity contribution >= 4 is 29.0 Å². The van der Waals surface area contributed by atoms with Gasteiger partial charge in [0, 0.05) is 23.5 Å². The minimum atomic E-state index is -0.0488. The number of aromatic nitrogens is 3. The molecule has 2 heterocycles. The molecule has 0 bridgehead atoms. The van der Waals surface area contributed by atoms with Crippen LogP contribution in [-0.2, 0) is 11.2 Å². The number of carbonyl (C=O) groups is 1. The second-order valence-corrected chi connectivity index (χ2v) is 7.18. The van der Waals surface area contributed by atoms with Crippen LogP contribution in [0, 0.1) is 0 Å². The zero-order valence-electron chi connectivity index (χ0n) is 13.6. The molecule has 0 unspecified atom stereocenters. The molecule has 1 aromatic carbocycles. The predicted molar refractivity (Wildman–Crippen MR) is 102 cm³/mol. The molecule has 1 amide bonds. The van der Waals surface area contributed by atoms with E-state index in [1.165, 1.54) is 16.6 Å². The van der Waals surface area contributed by atoms with E-state index in [0.29, 0.717) is 18.1 Å². The summed E-state index contributed by atoms with van der Waals surface area (Å²) in [5, 5.41) is 14.2. The molecule has 0 spiro atoms. The number of hydrogen-bond donors (Lipinski definition) is 1. The number of carbonyl (C=O) groups excluding carboxylic acids is 1. The third-order valence-corrected chi connectivity index (χ3v) is 5.21. The van der Waals surface area contributed by atoms with Gasteiger partial charge in [-0.05, 0) is 23.6 Å². The molecule has 3 rings (SSSR count). The van der Waals surface area contributed by atoms with Crippen LogP contribution in [0.4, 0.5) is 0 Å². The average molecular weight is 371 g/mol. The van der Waals surface area contributed by atoms with E-state index >= 15 is 0 Å². The fourth-order valence-electron chi connectivity index (χ4n) is 2.28. The van der Waals surface area contributed by atoms with Gasteiger partial charge in [0.25, 0.3) is 0 Å². The zero-order chi connectivity index (χ0) is 17.5. The Balaban J connectivity index is 1.83. The molecule has 0 atom stereocenters. The first kappa shape index (κ1) is 17.4. The highest BCUT2D eigenvalue weighted by molar-refractivity contribution is 7.99. The van der Waals surface area contributed by atoms with Crippen LogP contribution in [0.5, 0.6) is 0 Å². The van der Waals surface area contributed by atoms with E-state index in [9.17, 15) is 4.79 Å². The van der Waals surface area contributed by atoms with E-state index in [2.05, 4.69) is 33.5 Å². The minimum absolute atomic E-state index is 0.0488. The van der Waals surface area contributed by atoms with Gasteiger partial charge in [0.05, 0.1) is 5.75 Å². The number of benzene rings is 1. The van der Waals surface area contributed by atoms with E-state index in [0.717, 1.165) is 11.5 Å². The zero-order valence-corrected chi connectivity index (χ0v) is 15.2. The van der Waals surface area contributed by atoms with Gasteiger partial charge in [-0.3, -0.25) is 9.36 Å². The van der Waals surface area contributed by atoms with E-state index in [1.807, 2.05) is 41.0 Å². The molecule has 0 saturated carbocycles. The number of nitrogens with one attached hydrogen (secondary N) is 1. The topological polar surface area (TPSA) is 59.8 Å². The molecule has 7 heteroatoms. The van der Waals surface area contributed by atoms with Crippen LogP contribution in [-0.4, -0.2) is 33.0 Å². The van der Waals surface area contributed by atoms with Gasteiger partial charge in [-0.1, -0.05) is 42.1 Å². The summed E-state index contributed by atoms with van der Waals surface area (Å²) < 4.78 is 2.02. The molecule has 0 aliphatic heterocycles. The van der Waals surface area contributed by atoms with Crippen LogP contribution < -0.4 is 5.32 Å². The third-order valence-electron chi connectivity index (χ3n) is 3.40. The van der Waals surface area contributed by atoms with Gasteiger partial charge in [-0.2, -0.15) is 0 Å². The van der Waals surface area contributed by atoms with Gasteiger partial charge in [0.15, 0.2) is 5.16 Å². The number of nitrogens with zero attached hydrogens (tertiary/aromatic N) is 3. The lowest BCUT2D eigenvalue weighted by atomic mass is 10.3. The van der Waals surface area contributed by atoms with Crippen molar-refractivity contribution < 1.29 is 4.79 Å². The summed E-state index contributed by atoms with van der Waals surface area (Å²) in [6.07, 6.45) is 2.37. The molecule has 0 radical (unpaired) electrons. The number of amides is 1. The summed E-state index contributed by atoms with van der Waals surface area (Å²) in [4.78, 5) is 13.1. The summed E-state index contributed by atoms with van der Waals surface area (Å²) in [6.45, 7) is 4.06. The van der Waals surface area contributed by atoms with Crippen LogP contribution in [0.2, 0.25) is 0 Å². The molecule has 5 nitrogen and oxygen atoms in total. The van der Waals surface area contributed by atoms with Gasteiger partial charge in [0.1, 0.15) is 5.82 Å². The number of rotatable bonds is 8. The Bertz CT molecular complexity index is 828. The van der Waals surface area contributed by atoms with Gasteiger partial charge in [0.2, 0.25) is 5.91 Å². The molecular formula is C18H18N4OS2. The molecule has 25 heavy (non-hydrogen) atoms. The summed E-state index contributed by atoms with van der Waals surface area (Å²) in [5.74, 6) is 1.10. The maximum Gasteiger partial charge on any atom is 0.230 e. The smallest absolute Gasteiger partial charge is 0.230 e. The molecular weight excluding hydrogens is 352 g/mol. The number of thiophene rings is 1. The van der Waals surface area contributed by atoms with Crippen LogP contribution in [0.25, 0.3) is 5.69 Å². The van der Waals surface area contributed by atoms with E-state index in [1.54, 1.807) is 17.4 Å². The lowest BCUT2D eigenvalue weighted by molar-refractivity contribution is -0.118. The molecule has 0 aliphatic carbocycles. The van der Waals surface area contributed by atoms with Crippen LogP contribution in [0.1, 0.15) is 10.7 Å². The van der Waals surface area contributed by atoms with Crippen molar-refractivity contribution in [2.24, 2.45) is 0 Å². The highest BCUT2D eigenvalue weighted by atomic mass is 32.2.